The van der Waals surface area contributed by atoms with Crippen LogP contribution in [0.1, 0.15) is 37.1 Å². The minimum atomic E-state index is 0.170. The van der Waals surface area contributed by atoms with Crippen LogP contribution in [0.25, 0.3) is 21.5 Å². The maximum Gasteiger partial charge on any atom is 0.0453 e. The highest BCUT2D eigenvalue weighted by Gasteiger charge is 2.11. The molecule has 0 aliphatic carbocycles. The van der Waals surface area contributed by atoms with Crippen LogP contribution in [0, 0.1) is 0 Å². The van der Waals surface area contributed by atoms with Crippen LogP contribution in [0.3, 0.4) is 0 Å². The highest BCUT2D eigenvalue weighted by Crippen LogP contribution is 2.25. The van der Waals surface area contributed by atoms with E-state index in [4.69, 9.17) is 0 Å². The third kappa shape index (κ3) is 3.71. The van der Waals surface area contributed by atoms with Gasteiger partial charge >= 0.3 is 0 Å². The van der Waals surface area contributed by atoms with Gasteiger partial charge in [-0.15, -0.1) is 0 Å². The summed E-state index contributed by atoms with van der Waals surface area (Å²) >= 11 is 0. The van der Waals surface area contributed by atoms with Crippen LogP contribution < -0.4 is 16.4 Å². The molecule has 0 fully saturated rings. The Hall–Kier alpha value is -2.72. The Morgan fingerprint density at radius 1 is 0.519 bits per heavy atom. The topological polar surface area (TPSA) is 36.1 Å². The van der Waals surface area contributed by atoms with Gasteiger partial charge in [0.25, 0.3) is 0 Å². The average Bonchev–Trinajstić information content (AvgIpc) is 2.72. The molecule has 0 unspecified atom stereocenters. The number of hydrogen-bond donors (Lipinski definition) is 3. The summed E-state index contributed by atoms with van der Waals surface area (Å²) in [6.45, 7) is 4.33. The Balaban J connectivity index is 1.44. The van der Waals surface area contributed by atoms with Gasteiger partial charge in [0.1, 0.15) is 0 Å². The zero-order valence-electron chi connectivity index (χ0n) is 15.7. The third-order valence-electron chi connectivity index (χ3n) is 5.16. The lowest BCUT2D eigenvalue weighted by Gasteiger charge is -2.21. The molecule has 2 atom stereocenters. The van der Waals surface area contributed by atoms with Crippen LogP contribution in [0.2, 0.25) is 0 Å². The molecule has 3 heteroatoms. The van der Waals surface area contributed by atoms with Crippen LogP contribution in [-0.4, -0.2) is 0 Å². The molecule has 4 rings (SSSR count). The predicted molar refractivity (Wildman–Crippen MR) is 114 cm³/mol. The van der Waals surface area contributed by atoms with Crippen molar-refractivity contribution in [2.45, 2.75) is 25.9 Å². The fraction of sp³-hybridized carbons (Fsp3) is 0.167. The lowest BCUT2D eigenvalue weighted by Crippen LogP contribution is -2.45. The van der Waals surface area contributed by atoms with Crippen molar-refractivity contribution in [3.8, 4) is 0 Å². The average molecular weight is 355 g/mol. The van der Waals surface area contributed by atoms with Crippen LogP contribution in [0.4, 0.5) is 0 Å². The molecule has 3 nitrogen and oxygen atoms in total. The van der Waals surface area contributed by atoms with Crippen LogP contribution in [0.15, 0.2) is 84.9 Å². The van der Waals surface area contributed by atoms with E-state index >= 15 is 0 Å². The van der Waals surface area contributed by atoms with Gasteiger partial charge in [-0.05, 0) is 46.5 Å². The molecular weight excluding hydrogens is 330 g/mol. The van der Waals surface area contributed by atoms with E-state index in [-0.39, 0.29) is 12.1 Å². The Bertz CT molecular complexity index is 962. The zero-order chi connectivity index (χ0) is 18.6. The molecule has 0 aliphatic rings. The first-order chi connectivity index (χ1) is 13.2. The minimum absolute atomic E-state index is 0.170. The predicted octanol–water partition coefficient (Wildman–Crippen LogP) is 5.41. The molecular formula is C24H25N3. The lowest BCUT2D eigenvalue weighted by atomic mass is 10.00. The summed E-state index contributed by atoms with van der Waals surface area (Å²) in [5.74, 6) is 0. The maximum absolute atomic E-state index is 3.38. The molecule has 0 bridgehead atoms. The van der Waals surface area contributed by atoms with Crippen molar-refractivity contribution < 1.29 is 0 Å². The zero-order valence-corrected chi connectivity index (χ0v) is 15.7. The first-order valence-corrected chi connectivity index (χ1v) is 9.45. The highest BCUT2D eigenvalue weighted by molar-refractivity contribution is 5.86. The van der Waals surface area contributed by atoms with Crippen molar-refractivity contribution in [2.24, 2.45) is 0 Å². The maximum atomic E-state index is 3.38. The molecule has 4 aromatic carbocycles. The van der Waals surface area contributed by atoms with E-state index in [0.717, 1.165) is 0 Å². The minimum Gasteiger partial charge on any atom is -0.237 e. The van der Waals surface area contributed by atoms with Crippen molar-refractivity contribution in [3.63, 3.8) is 0 Å². The van der Waals surface area contributed by atoms with Crippen LogP contribution >= 0.6 is 0 Å². The summed E-state index contributed by atoms with van der Waals surface area (Å²) in [5, 5.41) is 5.09. The Kier molecular flexibility index (Phi) is 5.16. The Morgan fingerprint density at radius 2 is 0.926 bits per heavy atom. The van der Waals surface area contributed by atoms with E-state index in [1.165, 1.54) is 32.7 Å². The van der Waals surface area contributed by atoms with E-state index in [9.17, 15) is 0 Å². The van der Waals surface area contributed by atoms with Gasteiger partial charge in [-0.1, -0.05) is 84.9 Å². The lowest BCUT2D eigenvalue weighted by molar-refractivity contribution is 0.356. The van der Waals surface area contributed by atoms with Crippen molar-refractivity contribution in [3.05, 3.63) is 96.1 Å². The van der Waals surface area contributed by atoms with E-state index in [2.05, 4.69) is 115 Å². The van der Waals surface area contributed by atoms with Gasteiger partial charge in [0.05, 0.1) is 0 Å². The monoisotopic (exact) mass is 355 g/mol. The summed E-state index contributed by atoms with van der Waals surface area (Å²) in [7, 11) is 0. The number of hydrogen-bond acceptors (Lipinski definition) is 3. The standard InChI is InChI=1S/C24H25N3/c1-17(21-15-7-11-19-9-3-5-13-23(19)21)25-27-26-18(2)22-16-8-12-20-10-4-6-14-24(20)22/h3-18,25-27H,1-2H3/t17-,18-/m0/s1. The summed E-state index contributed by atoms with van der Waals surface area (Å²) in [4.78, 5) is 0. The Morgan fingerprint density at radius 3 is 1.41 bits per heavy atom. The second-order valence-electron chi connectivity index (χ2n) is 6.99. The number of hydrazine groups is 2. The number of rotatable bonds is 6. The molecule has 27 heavy (non-hydrogen) atoms. The van der Waals surface area contributed by atoms with E-state index in [1.807, 2.05) is 0 Å². The summed E-state index contributed by atoms with van der Waals surface area (Å²) in [6, 6.07) is 30.2. The smallest absolute Gasteiger partial charge is 0.0453 e. The normalized spacial score (nSPS) is 13.7. The molecule has 3 N–H and O–H groups in total. The molecule has 0 radical (unpaired) electrons. The highest BCUT2D eigenvalue weighted by atomic mass is 15.6. The van der Waals surface area contributed by atoms with Gasteiger partial charge in [-0.25, -0.2) is 10.9 Å². The molecule has 0 saturated carbocycles. The molecule has 0 saturated heterocycles. The molecule has 4 aromatic rings. The molecule has 0 spiro atoms. The second kappa shape index (κ2) is 7.89. The number of benzene rings is 4. The molecule has 0 aromatic heterocycles. The second-order valence-corrected chi connectivity index (χ2v) is 6.99. The molecule has 0 heterocycles. The fourth-order valence-corrected chi connectivity index (χ4v) is 3.67. The van der Waals surface area contributed by atoms with E-state index < -0.39 is 0 Å². The molecule has 136 valence electrons. The largest absolute Gasteiger partial charge is 0.237 e. The fourth-order valence-electron chi connectivity index (χ4n) is 3.67. The summed E-state index contributed by atoms with van der Waals surface area (Å²) in [5.41, 5.74) is 12.5. The van der Waals surface area contributed by atoms with Crippen molar-refractivity contribution in [2.75, 3.05) is 0 Å². The van der Waals surface area contributed by atoms with Crippen LogP contribution in [-0.2, 0) is 0 Å². The van der Waals surface area contributed by atoms with E-state index in [1.54, 1.807) is 0 Å². The summed E-state index contributed by atoms with van der Waals surface area (Å²) < 4.78 is 0. The van der Waals surface area contributed by atoms with Gasteiger partial charge in [-0.2, -0.15) is 5.53 Å². The van der Waals surface area contributed by atoms with Gasteiger partial charge < -0.3 is 0 Å². The first kappa shape index (κ1) is 17.7. The van der Waals surface area contributed by atoms with Gasteiger partial charge in [0.2, 0.25) is 0 Å². The quantitative estimate of drug-likeness (QED) is 0.405. The number of nitrogens with one attached hydrogen (secondary N) is 3. The van der Waals surface area contributed by atoms with Crippen molar-refractivity contribution in [1.82, 2.24) is 16.4 Å². The first-order valence-electron chi connectivity index (χ1n) is 9.45. The van der Waals surface area contributed by atoms with Gasteiger partial charge in [-0.3, -0.25) is 0 Å². The number of fused-ring (bicyclic) bond motifs is 2. The third-order valence-corrected chi connectivity index (χ3v) is 5.16. The van der Waals surface area contributed by atoms with Crippen molar-refractivity contribution in [1.29, 1.82) is 0 Å². The molecule has 0 aliphatic heterocycles. The van der Waals surface area contributed by atoms with Gasteiger partial charge in [0.15, 0.2) is 0 Å². The van der Waals surface area contributed by atoms with Crippen molar-refractivity contribution >= 4 is 21.5 Å². The Labute approximate surface area is 160 Å². The SMILES string of the molecule is C[C@H](NNN[C@@H](C)c1cccc2ccccc12)c1cccc2ccccc12. The van der Waals surface area contributed by atoms with E-state index in [0.29, 0.717) is 0 Å². The molecule has 0 amide bonds. The summed E-state index contributed by atoms with van der Waals surface area (Å²) in [6.07, 6.45) is 0. The van der Waals surface area contributed by atoms with Gasteiger partial charge in [0, 0.05) is 12.1 Å². The van der Waals surface area contributed by atoms with Crippen LogP contribution in [0.5, 0.6) is 0 Å².